The average Bonchev–Trinajstić information content (AvgIpc) is 3.06. The molecule has 0 atom stereocenters. The second-order valence-corrected chi connectivity index (χ2v) is 9.60. The molecule has 1 amide bonds. The Balaban J connectivity index is 1.66. The molecular weight excluding hydrogens is 454 g/mol. The molecule has 29 heavy (non-hydrogen) atoms. The van der Waals surface area contributed by atoms with E-state index in [0.717, 1.165) is 39.6 Å². The molecule has 156 valence electrons. The van der Waals surface area contributed by atoms with Crippen LogP contribution in [0, 0.1) is 6.92 Å². The molecule has 3 rings (SSSR count). The number of ether oxygens (including phenoxy) is 1. The summed E-state index contributed by atoms with van der Waals surface area (Å²) in [6, 6.07) is 6.13. The first-order chi connectivity index (χ1) is 13.7. The van der Waals surface area contributed by atoms with Crippen LogP contribution < -0.4 is 10.3 Å². The Morgan fingerprint density at radius 3 is 2.66 bits per heavy atom. The van der Waals surface area contributed by atoms with Crippen molar-refractivity contribution in [2.75, 3.05) is 36.5 Å². The van der Waals surface area contributed by atoms with E-state index in [2.05, 4.69) is 42.4 Å². The summed E-state index contributed by atoms with van der Waals surface area (Å²) in [5.74, 6) is 0. The maximum absolute atomic E-state index is 12.3. The Morgan fingerprint density at radius 1 is 1.31 bits per heavy atom. The highest BCUT2D eigenvalue weighted by Gasteiger charge is 2.26. The molecule has 2 aromatic rings. The first-order valence-corrected chi connectivity index (χ1v) is 11.1. The molecule has 1 N–H and O–H groups in total. The summed E-state index contributed by atoms with van der Waals surface area (Å²) in [5.41, 5.74) is 5.55. The van der Waals surface area contributed by atoms with E-state index in [1.165, 1.54) is 11.3 Å². The highest BCUT2D eigenvalue weighted by molar-refractivity contribution is 9.10. The number of nitrogens with zero attached hydrogens (tertiary/aromatic N) is 4. The second kappa shape index (κ2) is 9.13. The predicted molar refractivity (Wildman–Crippen MR) is 122 cm³/mol. The fraction of sp³-hybridized carbons (Fsp3) is 0.450. The predicted octanol–water partition coefficient (Wildman–Crippen LogP) is 4.72. The van der Waals surface area contributed by atoms with E-state index in [4.69, 9.17) is 4.74 Å². The first-order valence-electron chi connectivity index (χ1n) is 9.45. The van der Waals surface area contributed by atoms with Gasteiger partial charge in [-0.2, -0.15) is 5.10 Å². The van der Waals surface area contributed by atoms with Crippen LogP contribution in [0.1, 0.15) is 32.0 Å². The van der Waals surface area contributed by atoms with E-state index < -0.39 is 5.60 Å². The van der Waals surface area contributed by atoms with E-state index in [1.54, 1.807) is 11.1 Å². The molecule has 9 heteroatoms. The molecule has 2 heterocycles. The van der Waals surface area contributed by atoms with Crippen LogP contribution in [0.2, 0.25) is 0 Å². The highest BCUT2D eigenvalue weighted by Crippen LogP contribution is 2.25. The minimum atomic E-state index is -0.480. The van der Waals surface area contributed by atoms with Crippen LogP contribution in [0.3, 0.4) is 0 Å². The summed E-state index contributed by atoms with van der Waals surface area (Å²) >= 11 is 5.06. The fourth-order valence-electron chi connectivity index (χ4n) is 2.94. The summed E-state index contributed by atoms with van der Waals surface area (Å²) < 4.78 is 6.47. The van der Waals surface area contributed by atoms with Crippen molar-refractivity contribution in [3.8, 4) is 0 Å². The fourth-order valence-corrected chi connectivity index (χ4v) is 3.95. The quantitative estimate of drug-likeness (QED) is 0.507. The number of nitrogens with one attached hydrogen (secondary N) is 1. The largest absolute Gasteiger partial charge is 0.444 e. The number of rotatable bonds is 4. The number of amides is 1. The molecule has 1 saturated heterocycles. The van der Waals surface area contributed by atoms with Crippen LogP contribution in [0.25, 0.3) is 0 Å². The Morgan fingerprint density at radius 2 is 2.03 bits per heavy atom. The van der Waals surface area contributed by atoms with Gasteiger partial charge >= 0.3 is 6.09 Å². The van der Waals surface area contributed by atoms with Gasteiger partial charge in [0.1, 0.15) is 5.60 Å². The number of hydrogen-bond donors (Lipinski definition) is 1. The molecule has 1 fully saturated rings. The molecule has 0 bridgehead atoms. The van der Waals surface area contributed by atoms with Crippen molar-refractivity contribution in [2.45, 2.75) is 33.3 Å². The highest BCUT2D eigenvalue weighted by atomic mass is 79.9. The number of thiazole rings is 1. The normalized spacial score (nSPS) is 15.1. The minimum Gasteiger partial charge on any atom is -0.444 e. The zero-order valence-electron chi connectivity index (χ0n) is 17.1. The number of benzene rings is 1. The minimum absolute atomic E-state index is 0.252. The van der Waals surface area contributed by atoms with Gasteiger partial charge in [0, 0.05) is 47.3 Å². The number of halogens is 1. The van der Waals surface area contributed by atoms with E-state index in [1.807, 2.05) is 45.2 Å². The van der Waals surface area contributed by atoms with Crippen LogP contribution >= 0.6 is 27.3 Å². The number of carbonyl (C=O) groups excluding carboxylic acids is 1. The van der Waals surface area contributed by atoms with E-state index in [9.17, 15) is 4.79 Å². The number of piperazine rings is 1. The van der Waals surface area contributed by atoms with Gasteiger partial charge < -0.3 is 14.5 Å². The van der Waals surface area contributed by atoms with Gasteiger partial charge in [0.05, 0.1) is 11.9 Å². The van der Waals surface area contributed by atoms with Gasteiger partial charge in [-0.15, -0.1) is 11.3 Å². The summed E-state index contributed by atoms with van der Waals surface area (Å²) in [6.45, 7) is 10.3. The van der Waals surface area contributed by atoms with Crippen LogP contribution in [0.5, 0.6) is 0 Å². The molecule has 1 aliphatic heterocycles. The topological polar surface area (TPSA) is 70.1 Å². The third-order valence-electron chi connectivity index (χ3n) is 4.24. The van der Waals surface area contributed by atoms with Gasteiger partial charge in [-0.1, -0.05) is 15.9 Å². The van der Waals surface area contributed by atoms with Crippen molar-refractivity contribution in [3.05, 3.63) is 39.3 Å². The van der Waals surface area contributed by atoms with Crippen LogP contribution in [0.4, 0.5) is 15.6 Å². The molecule has 0 unspecified atom stereocenters. The molecular formula is C20H26BrN5O2S. The third-order valence-corrected chi connectivity index (χ3v) is 5.60. The Bertz CT molecular complexity index is 885. The lowest BCUT2D eigenvalue weighted by Crippen LogP contribution is -2.50. The number of hydrazone groups is 1. The Hall–Kier alpha value is -2.13. The second-order valence-electron chi connectivity index (χ2n) is 7.82. The van der Waals surface area contributed by atoms with Gasteiger partial charge in [0.25, 0.3) is 0 Å². The number of aryl methyl sites for hydroxylation is 1. The molecule has 0 radical (unpaired) electrons. The molecule has 1 aliphatic rings. The van der Waals surface area contributed by atoms with E-state index in [-0.39, 0.29) is 6.09 Å². The smallest absolute Gasteiger partial charge is 0.410 e. The zero-order chi connectivity index (χ0) is 21.0. The third kappa shape index (κ3) is 6.17. The van der Waals surface area contributed by atoms with Gasteiger partial charge in [0.15, 0.2) is 0 Å². The summed E-state index contributed by atoms with van der Waals surface area (Å²) in [6.07, 6.45) is 1.55. The lowest BCUT2D eigenvalue weighted by Gasteiger charge is -2.37. The summed E-state index contributed by atoms with van der Waals surface area (Å²) in [4.78, 5) is 20.7. The number of hydrogen-bond acceptors (Lipinski definition) is 7. The van der Waals surface area contributed by atoms with Gasteiger partial charge in [-0.3, -0.25) is 5.43 Å². The molecule has 7 nitrogen and oxygen atoms in total. The molecule has 1 aromatic heterocycles. The van der Waals surface area contributed by atoms with Crippen molar-refractivity contribution in [3.63, 3.8) is 0 Å². The average molecular weight is 480 g/mol. The molecule has 1 aromatic carbocycles. The maximum atomic E-state index is 12.3. The maximum Gasteiger partial charge on any atom is 0.410 e. The molecule has 0 spiro atoms. The Labute approximate surface area is 183 Å². The van der Waals surface area contributed by atoms with Crippen LogP contribution in [-0.4, -0.2) is 54.0 Å². The van der Waals surface area contributed by atoms with Gasteiger partial charge in [-0.25, -0.2) is 9.78 Å². The van der Waals surface area contributed by atoms with Crippen LogP contribution in [-0.2, 0) is 4.74 Å². The first kappa shape index (κ1) is 21.6. The van der Waals surface area contributed by atoms with Gasteiger partial charge in [0.2, 0.25) is 5.13 Å². The van der Waals surface area contributed by atoms with Crippen molar-refractivity contribution in [1.82, 2.24) is 9.88 Å². The lowest BCUT2D eigenvalue weighted by atomic mass is 10.1. The van der Waals surface area contributed by atoms with Crippen molar-refractivity contribution >= 4 is 50.4 Å². The summed E-state index contributed by atoms with van der Waals surface area (Å²) in [7, 11) is 0. The standard InChI is InChI=1S/C20H26BrN5O2S/c1-14-13-29-18(23-14)24-22-12-15-11-16(21)5-6-17(15)25-7-9-26(10-8-25)19(27)28-20(2,3)4/h5-6,11-13H,7-10H2,1-4H3,(H,23,24). The number of anilines is 2. The SMILES string of the molecule is Cc1csc(NN=Cc2cc(Br)ccc2N2CCN(C(=O)OC(C)(C)C)CC2)n1. The molecule has 0 aliphatic carbocycles. The van der Waals surface area contributed by atoms with Crippen LogP contribution in [0.15, 0.2) is 33.2 Å². The van der Waals surface area contributed by atoms with E-state index in [0.29, 0.717) is 13.1 Å². The summed E-state index contributed by atoms with van der Waals surface area (Å²) in [5, 5.41) is 7.09. The lowest BCUT2D eigenvalue weighted by molar-refractivity contribution is 0.0240. The monoisotopic (exact) mass is 479 g/mol. The van der Waals surface area contributed by atoms with Crippen molar-refractivity contribution < 1.29 is 9.53 Å². The number of aromatic nitrogens is 1. The Kier molecular flexibility index (Phi) is 6.79. The van der Waals surface area contributed by atoms with Crippen molar-refractivity contribution in [2.24, 2.45) is 5.10 Å². The molecule has 0 saturated carbocycles. The van der Waals surface area contributed by atoms with Crippen molar-refractivity contribution in [1.29, 1.82) is 0 Å². The number of carbonyl (C=O) groups is 1. The zero-order valence-corrected chi connectivity index (χ0v) is 19.5. The van der Waals surface area contributed by atoms with Gasteiger partial charge in [-0.05, 0) is 45.9 Å². The van der Waals surface area contributed by atoms with E-state index >= 15 is 0 Å².